The van der Waals surface area contributed by atoms with Gasteiger partial charge in [0.1, 0.15) is 0 Å². The number of nitrogens with one attached hydrogen (secondary N) is 1. The smallest absolute Gasteiger partial charge is 0.258 e. The number of hydrogen-bond acceptors (Lipinski definition) is 2. The van der Waals surface area contributed by atoms with Gasteiger partial charge in [0.2, 0.25) is 0 Å². The molecule has 1 aliphatic heterocycles. The first-order chi connectivity index (χ1) is 8.18. The lowest BCUT2D eigenvalue weighted by Crippen LogP contribution is -2.46. The molecule has 0 spiro atoms. The van der Waals surface area contributed by atoms with Crippen molar-refractivity contribution in [2.75, 3.05) is 26.2 Å². The van der Waals surface area contributed by atoms with Gasteiger partial charge < -0.3 is 5.32 Å². The monoisotopic (exact) mass is 260 g/mol. The van der Waals surface area contributed by atoms with Gasteiger partial charge in [0.25, 0.3) is 6.43 Å². The summed E-state index contributed by atoms with van der Waals surface area (Å²) in [5, 5.41) is 3.66. The largest absolute Gasteiger partial charge is 0.314 e. The average Bonchev–Trinajstić information content (AvgIpc) is 2.30. The van der Waals surface area contributed by atoms with E-state index in [1.807, 2.05) is 4.90 Å². The number of rotatable bonds is 3. The van der Waals surface area contributed by atoms with Crippen LogP contribution in [0.25, 0.3) is 0 Å². The van der Waals surface area contributed by atoms with Crippen molar-refractivity contribution in [3.05, 3.63) is 34.9 Å². The molecule has 1 aliphatic rings. The minimum atomic E-state index is -2.40. The first-order valence-corrected chi connectivity index (χ1v) is 6.04. The van der Waals surface area contributed by atoms with Crippen molar-refractivity contribution < 1.29 is 8.78 Å². The fraction of sp³-hybridized carbons (Fsp3) is 0.500. The van der Waals surface area contributed by atoms with Gasteiger partial charge in [-0.3, -0.25) is 4.90 Å². The minimum absolute atomic E-state index is 0.503. The van der Waals surface area contributed by atoms with Gasteiger partial charge in [-0.1, -0.05) is 23.7 Å². The summed E-state index contributed by atoms with van der Waals surface area (Å²) in [5.41, 5.74) is 0.592. The van der Waals surface area contributed by atoms with Crippen LogP contribution in [0.2, 0.25) is 5.02 Å². The highest BCUT2D eigenvalue weighted by Crippen LogP contribution is 2.29. The molecule has 1 aromatic carbocycles. The highest BCUT2D eigenvalue weighted by Gasteiger charge is 2.29. The zero-order chi connectivity index (χ0) is 12.3. The van der Waals surface area contributed by atoms with Crippen LogP contribution >= 0.6 is 11.6 Å². The molecule has 1 atom stereocenters. The molecule has 0 saturated carbocycles. The van der Waals surface area contributed by atoms with Crippen LogP contribution in [0.5, 0.6) is 0 Å². The first-order valence-electron chi connectivity index (χ1n) is 5.67. The fourth-order valence-corrected chi connectivity index (χ4v) is 2.37. The van der Waals surface area contributed by atoms with Crippen molar-refractivity contribution in [3.63, 3.8) is 0 Å². The van der Waals surface area contributed by atoms with Crippen molar-refractivity contribution in [3.8, 4) is 0 Å². The molecule has 1 saturated heterocycles. The zero-order valence-electron chi connectivity index (χ0n) is 9.37. The van der Waals surface area contributed by atoms with Gasteiger partial charge >= 0.3 is 0 Å². The fourth-order valence-electron chi connectivity index (χ4n) is 2.17. The highest BCUT2D eigenvalue weighted by atomic mass is 35.5. The Morgan fingerprint density at radius 3 is 2.53 bits per heavy atom. The molecule has 1 fully saturated rings. The number of piperazine rings is 1. The summed E-state index contributed by atoms with van der Waals surface area (Å²) in [4.78, 5) is 1.81. The molecular weight excluding hydrogens is 246 g/mol. The molecule has 2 rings (SSSR count). The lowest BCUT2D eigenvalue weighted by molar-refractivity contribution is 0.0182. The summed E-state index contributed by atoms with van der Waals surface area (Å²) in [7, 11) is 0. The predicted molar refractivity (Wildman–Crippen MR) is 64.6 cm³/mol. The number of nitrogens with zero attached hydrogens (tertiary/aromatic N) is 1. The predicted octanol–water partition coefficient (Wildman–Crippen LogP) is 2.55. The summed E-state index contributed by atoms with van der Waals surface area (Å²) < 4.78 is 26.4. The number of hydrogen-bond donors (Lipinski definition) is 1. The minimum Gasteiger partial charge on any atom is -0.314 e. The third-order valence-electron chi connectivity index (χ3n) is 2.97. The Bertz CT molecular complexity index is 367. The van der Waals surface area contributed by atoms with Crippen LogP contribution in [0.3, 0.4) is 0 Å². The van der Waals surface area contributed by atoms with E-state index in [-0.39, 0.29) is 0 Å². The maximum absolute atomic E-state index is 13.2. The molecular formula is C12H15ClF2N2. The Hall–Kier alpha value is -0.710. The van der Waals surface area contributed by atoms with Gasteiger partial charge in [-0.15, -0.1) is 0 Å². The second-order valence-corrected chi connectivity index (χ2v) is 4.56. The maximum atomic E-state index is 13.2. The summed E-state index contributed by atoms with van der Waals surface area (Å²) >= 11 is 5.86. The Morgan fingerprint density at radius 1 is 1.24 bits per heavy atom. The number of halogens is 3. The maximum Gasteiger partial charge on any atom is 0.258 e. The lowest BCUT2D eigenvalue weighted by atomic mass is 10.1. The molecule has 1 aromatic rings. The van der Waals surface area contributed by atoms with Crippen molar-refractivity contribution >= 4 is 11.6 Å². The molecule has 0 unspecified atom stereocenters. The average molecular weight is 261 g/mol. The molecule has 1 heterocycles. The van der Waals surface area contributed by atoms with Crippen LogP contribution < -0.4 is 5.32 Å². The zero-order valence-corrected chi connectivity index (χ0v) is 10.1. The second-order valence-electron chi connectivity index (χ2n) is 4.12. The summed E-state index contributed by atoms with van der Waals surface area (Å²) in [6.45, 7) is 2.79. The lowest BCUT2D eigenvalue weighted by Gasteiger charge is -2.34. The molecule has 0 aliphatic carbocycles. The van der Waals surface area contributed by atoms with Gasteiger partial charge in [0.15, 0.2) is 0 Å². The van der Waals surface area contributed by atoms with E-state index in [1.165, 1.54) is 0 Å². The quantitative estimate of drug-likeness (QED) is 0.899. The summed E-state index contributed by atoms with van der Waals surface area (Å²) in [5.74, 6) is 0. The third-order valence-corrected chi connectivity index (χ3v) is 3.21. The van der Waals surface area contributed by atoms with E-state index in [9.17, 15) is 8.78 Å². The third kappa shape index (κ3) is 3.15. The van der Waals surface area contributed by atoms with E-state index in [2.05, 4.69) is 5.32 Å². The molecule has 17 heavy (non-hydrogen) atoms. The highest BCUT2D eigenvalue weighted by molar-refractivity contribution is 6.30. The first kappa shape index (κ1) is 12.7. The summed E-state index contributed by atoms with van der Waals surface area (Å²) in [6.07, 6.45) is -2.40. The summed E-state index contributed by atoms with van der Waals surface area (Å²) in [6, 6.07) is 5.90. The van der Waals surface area contributed by atoms with E-state index in [0.717, 1.165) is 13.1 Å². The van der Waals surface area contributed by atoms with Crippen LogP contribution in [0.1, 0.15) is 11.6 Å². The molecule has 1 N–H and O–H groups in total. The van der Waals surface area contributed by atoms with Crippen molar-refractivity contribution in [2.45, 2.75) is 12.5 Å². The Balaban J connectivity index is 2.21. The molecule has 0 radical (unpaired) electrons. The van der Waals surface area contributed by atoms with Crippen molar-refractivity contribution in [1.29, 1.82) is 0 Å². The van der Waals surface area contributed by atoms with Gasteiger partial charge in [0.05, 0.1) is 6.04 Å². The van der Waals surface area contributed by atoms with Crippen LogP contribution in [0.15, 0.2) is 24.3 Å². The van der Waals surface area contributed by atoms with Crippen LogP contribution in [0, 0.1) is 0 Å². The molecule has 2 nitrogen and oxygen atoms in total. The molecule has 94 valence electrons. The van der Waals surface area contributed by atoms with E-state index < -0.39 is 12.5 Å². The molecule has 0 bridgehead atoms. The normalized spacial score (nSPS) is 19.5. The van der Waals surface area contributed by atoms with Crippen molar-refractivity contribution in [1.82, 2.24) is 10.2 Å². The van der Waals surface area contributed by atoms with E-state index in [4.69, 9.17) is 11.6 Å². The Morgan fingerprint density at radius 2 is 1.94 bits per heavy atom. The number of alkyl halides is 2. The topological polar surface area (TPSA) is 15.3 Å². The Kier molecular flexibility index (Phi) is 4.31. The van der Waals surface area contributed by atoms with Crippen LogP contribution in [0.4, 0.5) is 8.78 Å². The van der Waals surface area contributed by atoms with Gasteiger partial charge in [-0.25, -0.2) is 8.78 Å². The van der Waals surface area contributed by atoms with Gasteiger partial charge in [-0.05, 0) is 17.7 Å². The Labute approximate surface area is 105 Å². The molecule has 0 amide bonds. The van der Waals surface area contributed by atoms with E-state index in [1.54, 1.807) is 24.3 Å². The SMILES string of the molecule is FC(F)[C@H](c1cccc(Cl)c1)N1CCNCC1. The van der Waals surface area contributed by atoms with Crippen LogP contribution in [-0.4, -0.2) is 37.5 Å². The van der Waals surface area contributed by atoms with Crippen LogP contribution in [-0.2, 0) is 0 Å². The van der Waals surface area contributed by atoms with Crippen molar-refractivity contribution in [2.24, 2.45) is 0 Å². The number of benzene rings is 1. The van der Waals surface area contributed by atoms with E-state index in [0.29, 0.717) is 23.7 Å². The van der Waals surface area contributed by atoms with Gasteiger partial charge in [-0.2, -0.15) is 0 Å². The van der Waals surface area contributed by atoms with Gasteiger partial charge in [0, 0.05) is 31.2 Å². The molecule has 0 aromatic heterocycles. The van der Waals surface area contributed by atoms with E-state index >= 15 is 0 Å². The second kappa shape index (κ2) is 5.76. The standard InChI is InChI=1S/C12H15ClF2N2/c13-10-3-1-2-9(8-10)11(12(14)15)17-6-4-16-5-7-17/h1-3,8,11-12,16H,4-7H2/t11-/m0/s1. The molecule has 5 heteroatoms.